The Morgan fingerprint density at radius 2 is 1.78 bits per heavy atom. The van der Waals surface area contributed by atoms with Crippen LogP contribution in [-0.2, 0) is 16.7 Å². The molecular formula is C27H21ClF4N4O4S. The Morgan fingerprint density at radius 1 is 1.02 bits per heavy atom. The molecule has 0 unspecified atom stereocenters. The topological polar surface area (TPSA) is 102 Å². The monoisotopic (exact) mass is 608 g/mol. The van der Waals surface area contributed by atoms with Gasteiger partial charge in [-0.1, -0.05) is 65.4 Å². The number of urea groups is 1. The molecule has 14 heteroatoms. The van der Waals surface area contributed by atoms with Crippen LogP contribution >= 0.6 is 22.9 Å². The van der Waals surface area contributed by atoms with Crippen molar-refractivity contribution in [3.63, 3.8) is 0 Å². The van der Waals surface area contributed by atoms with Gasteiger partial charge in [-0.15, -0.1) is 0 Å². The molecule has 4 rings (SSSR count). The Labute approximate surface area is 240 Å². The van der Waals surface area contributed by atoms with E-state index in [-0.39, 0.29) is 27.7 Å². The number of aromatic nitrogens is 2. The first-order chi connectivity index (χ1) is 19.5. The number of benzene rings is 2. The molecule has 41 heavy (non-hydrogen) atoms. The second-order valence-corrected chi connectivity index (χ2v) is 9.99. The number of pyridine rings is 1. The molecule has 0 fully saturated rings. The number of carbonyl (C=O) groups excluding carboxylic acids is 2. The molecule has 0 aliphatic rings. The quantitative estimate of drug-likeness (QED) is 0.157. The minimum atomic E-state index is -4.76. The lowest BCUT2D eigenvalue weighted by Crippen LogP contribution is -2.50. The number of rotatable bonds is 10. The van der Waals surface area contributed by atoms with E-state index >= 15 is 0 Å². The van der Waals surface area contributed by atoms with E-state index in [0.29, 0.717) is 10.6 Å². The van der Waals surface area contributed by atoms with Crippen LogP contribution in [0.25, 0.3) is 0 Å². The van der Waals surface area contributed by atoms with Gasteiger partial charge in [0.1, 0.15) is 16.2 Å². The number of nitrogens with zero attached hydrogens (tertiary/aromatic N) is 2. The third kappa shape index (κ3) is 7.11. The summed E-state index contributed by atoms with van der Waals surface area (Å²) in [5.74, 6) is -1.21. The summed E-state index contributed by atoms with van der Waals surface area (Å²) in [6.45, 7) is 0. The number of anilines is 1. The summed E-state index contributed by atoms with van der Waals surface area (Å²) in [6, 6.07) is 16.2. The maximum atomic E-state index is 13.8. The smallest absolute Gasteiger partial charge is 0.461 e. The van der Waals surface area contributed by atoms with E-state index < -0.39 is 35.8 Å². The first kappa shape index (κ1) is 29.7. The van der Waals surface area contributed by atoms with Gasteiger partial charge in [-0.05, 0) is 35.4 Å². The first-order valence-corrected chi connectivity index (χ1v) is 13.0. The van der Waals surface area contributed by atoms with Crippen LogP contribution in [0.4, 0.5) is 27.5 Å². The van der Waals surface area contributed by atoms with E-state index in [4.69, 9.17) is 11.6 Å². The second-order valence-electron chi connectivity index (χ2n) is 8.52. The molecule has 0 aliphatic carbocycles. The largest absolute Gasteiger partial charge is 0.465 e. The van der Waals surface area contributed by atoms with Crippen LogP contribution in [0, 0.1) is 0 Å². The Balaban J connectivity index is 1.81. The highest BCUT2D eigenvalue weighted by Gasteiger charge is 2.44. The molecule has 0 radical (unpaired) electrons. The van der Waals surface area contributed by atoms with Crippen LogP contribution in [0.2, 0.25) is 5.02 Å². The number of carbonyl (C=O) groups is 2. The third-order valence-electron chi connectivity index (χ3n) is 5.75. The normalized spacial score (nSPS) is 12.9. The SMILES string of the molecule is COC(=O)c1cnc(NC(=O)N[C@@](Cc2ccccc2)(c2cccc(OC(F)(F)C(F)F)c2)c2ccc(Cl)cn2)s1. The molecule has 214 valence electrons. The van der Waals surface area contributed by atoms with E-state index in [1.54, 1.807) is 30.3 Å². The van der Waals surface area contributed by atoms with Crippen molar-refractivity contribution in [1.82, 2.24) is 15.3 Å². The molecule has 8 nitrogen and oxygen atoms in total. The zero-order chi connectivity index (χ0) is 29.6. The average molecular weight is 609 g/mol. The highest BCUT2D eigenvalue weighted by atomic mass is 35.5. The number of esters is 1. The van der Waals surface area contributed by atoms with E-state index in [1.165, 1.54) is 43.8 Å². The Hall–Kier alpha value is -4.23. The lowest BCUT2D eigenvalue weighted by molar-refractivity contribution is -0.253. The van der Waals surface area contributed by atoms with Crippen molar-refractivity contribution in [2.75, 3.05) is 12.4 Å². The Morgan fingerprint density at radius 3 is 2.44 bits per heavy atom. The van der Waals surface area contributed by atoms with Gasteiger partial charge >= 0.3 is 24.5 Å². The number of methoxy groups -OCH3 is 1. The molecule has 2 N–H and O–H groups in total. The zero-order valence-electron chi connectivity index (χ0n) is 21.1. The predicted molar refractivity (Wildman–Crippen MR) is 144 cm³/mol. The van der Waals surface area contributed by atoms with Gasteiger partial charge in [0.2, 0.25) is 0 Å². The van der Waals surface area contributed by atoms with E-state index in [0.717, 1.165) is 23.5 Å². The van der Waals surface area contributed by atoms with E-state index in [9.17, 15) is 27.2 Å². The lowest BCUT2D eigenvalue weighted by Gasteiger charge is -2.35. The van der Waals surface area contributed by atoms with Crippen molar-refractivity contribution in [2.24, 2.45) is 0 Å². The summed E-state index contributed by atoms with van der Waals surface area (Å²) < 4.78 is 62.3. The fraction of sp³-hybridized carbons (Fsp3) is 0.185. The van der Waals surface area contributed by atoms with Gasteiger partial charge in [0.25, 0.3) is 0 Å². The van der Waals surface area contributed by atoms with Crippen molar-refractivity contribution in [3.8, 4) is 5.75 Å². The maximum absolute atomic E-state index is 13.8. The van der Waals surface area contributed by atoms with Crippen LogP contribution < -0.4 is 15.4 Å². The minimum absolute atomic E-state index is 0.0376. The molecule has 2 amide bonds. The highest BCUT2D eigenvalue weighted by molar-refractivity contribution is 7.17. The summed E-state index contributed by atoms with van der Waals surface area (Å²) in [5.41, 5.74) is -0.440. The number of thiazole rings is 1. The molecule has 2 aromatic carbocycles. The molecule has 0 saturated carbocycles. The van der Waals surface area contributed by atoms with Crippen LogP contribution in [0.1, 0.15) is 26.5 Å². The van der Waals surface area contributed by atoms with Crippen molar-refractivity contribution in [1.29, 1.82) is 0 Å². The molecule has 0 bridgehead atoms. The van der Waals surface area contributed by atoms with Gasteiger partial charge in [-0.25, -0.2) is 14.6 Å². The molecule has 0 spiro atoms. The van der Waals surface area contributed by atoms with Crippen molar-refractivity contribution in [3.05, 3.63) is 106 Å². The van der Waals surface area contributed by atoms with Crippen molar-refractivity contribution in [2.45, 2.75) is 24.5 Å². The summed E-state index contributed by atoms with van der Waals surface area (Å²) in [4.78, 5) is 33.8. The number of hydrogen-bond acceptors (Lipinski definition) is 7. The zero-order valence-corrected chi connectivity index (χ0v) is 22.7. The average Bonchev–Trinajstić information content (AvgIpc) is 3.41. The van der Waals surface area contributed by atoms with E-state index in [1.807, 2.05) is 0 Å². The summed E-state index contributed by atoms with van der Waals surface area (Å²) >= 11 is 6.93. The van der Waals surface area contributed by atoms with Gasteiger partial charge in [-0.3, -0.25) is 10.3 Å². The van der Waals surface area contributed by atoms with Gasteiger partial charge in [0.15, 0.2) is 5.13 Å². The molecular weight excluding hydrogens is 588 g/mol. The van der Waals surface area contributed by atoms with Gasteiger partial charge < -0.3 is 14.8 Å². The minimum Gasteiger partial charge on any atom is -0.465 e. The number of nitrogens with one attached hydrogen (secondary N) is 2. The van der Waals surface area contributed by atoms with Crippen molar-refractivity contribution >= 4 is 40.1 Å². The molecule has 1 atom stereocenters. The number of amides is 2. The molecule has 0 aliphatic heterocycles. The number of ether oxygens (including phenoxy) is 2. The summed E-state index contributed by atoms with van der Waals surface area (Å²) in [7, 11) is 1.20. The Bertz CT molecular complexity index is 1510. The fourth-order valence-corrected chi connectivity index (χ4v) is 4.77. The maximum Gasteiger partial charge on any atom is 0.461 e. The van der Waals surface area contributed by atoms with E-state index in [2.05, 4.69) is 30.1 Å². The van der Waals surface area contributed by atoms with Crippen LogP contribution in [0.15, 0.2) is 79.1 Å². The predicted octanol–water partition coefficient (Wildman–Crippen LogP) is 6.52. The summed E-state index contributed by atoms with van der Waals surface area (Å²) in [5, 5.41) is 5.75. The number of halogens is 5. The molecule has 0 saturated heterocycles. The summed E-state index contributed by atoms with van der Waals surface area (Å²) in [6.07, 6.45) is -6.23. The third-order valence-corrected chi connectivity index (χ3v) is 6.87. The molecule has 2 heterocycles. The second kappa shape index (κ2) is 12.5. The highest BCUT2D eigenvalue weighted by Crippen LogP contribution is 2.36. The fourth-order valence-electron chi connectivity index (χ4n) is 3.93. The molecule has 4 aromatic rings. The Kier molecular flexibility index (Phi) is 9.08. The first-order valence-electron chi connectivity index (χ1n) is 11.8. The lowest BCUT2D eigenvalue weighted by atomic mass is 9.80. The number of hydrogen-bond donors (Lipinski definition) is 2. The van der Waals surface area contributed by atoms with Gasteiger partial charge in [0.05, 0.1) is 24.0 Å². The van der Waals surface area contributed by atoms with Gasteiger partial charge in [0, 0.05) is 12.6 Å². The van der Waals surface area contributed by atoms with Crippen LogP contribution in [-0.4, -0.2) is 41.6 Å². The van der Waals surface area contributed by atoms with Crippen molar-refractivity contribution < 1.29 is 36.6 Å². The number of alkyl halides is 4. The standard InChI is InChI=1S/C27H21ClF4N4O4S/c1-39-22(37)20-15-34-25(41-20)35-24(38)36-26(13-16-6-3-2-4-7-16,21-11-10-18(28)14-33-21)17-8-5-9-19(12-17)40-27(31,32)23(29)30/h2-12,14-15,23H,13H2,1H3,(H2,34,35,36,38)/t26-/m0/s1. The van der Waals surface area contributed by atoms with Crippen LogP contribution in [0.3, 0.4) is 0 Å². The molecule has 2 aromatic heterocycles. The van der Waals surface area contributed by atoms with Crippen LogP contribution in [0.5, 0.6) is 5.75 Å². The van der Waals surface area contributed by atoms with Gasteiger partial charge in [-0.2, -0.15) is 17.6 Å².